The standard InChI is InChI=1S/C19H28F2N2O2/c1-13-6-22(7-14(2)25-13)9-16-10-23(11-17(16)12-24)8-15-4-3-5-18(20)19(15)21/h3-5,13-14,16-17,24H,6-12H2,1-2H3/t13-,14+,16-,17-/m0/s1. The van der Waals surface area contributed by atoms with E-state index in [9.17, 15) is 13.9 Å². The molecule has 2 aliphatic rings. The topological polar surface area (TPSA) is 35.9 Å². The average Bonchev–Trinajstić information content (AvgIpc) is 2.92. The highest BCUT2D eigenvalue weighted by molar-refractivity contribution is 5.19. The van der Waals surface area contributed by atoms with Gasteiger partial charge in [-0.25, -0.2) is 8.78 Å². The molecule has 0 aliphatic carbocycles. The van der Waals surface area contributed by atoms with Gasteiger partial charge in [0, 0.05) is 51.4 Å². The molecule has 140 valence electrons. The van der Waals surface area contributed by atoms with Crippen LogP contribution >= 0.6 is 0 Å². The van der Waals surface area contributed by atoms with E-state index >= 15 is 0 Å². The van der Waals surface area contributed by atoms with Crippen LogP contribution in [-0.4, -0.2) is 66.4 Å². The maximum Gasteiger partial charge on any atom is 0.163 e. The first-order valence-corrected chi connectivity index (χ1v) is 9.10. The summed E-state index contributed by atoms with van der Waals surface area (Å²) >= 11 is 0. The van der Waals surface area contributed by atoms with Crippen molar-refractivity contribution in [2.45, 2.75) is 32.6 Å². The highest BCUT2D eigenvalue weighted by Crippen LogP contribution is 2.27. The summed E-state index contributed by atoms with van der Waals surface area (Å²) in [6.45, 7) is 8.89. The van der Waals surface area contributed by atoms with Gasteiger partial charge in [0.25, 0.3) is 0 Å². The first-order chi connectivity index (χ1) is 12.0. The number of halogens is 2. The second-order valence-corrected chi connectivity index (χ2v) is 7.59. The van der Waals surface area contributed by atoms with Gasteiger partial charge in [-0.2, -0.15) is 0 Å². The van der Waals surface area contributed by atoms with E-state index in [1.807, 2.05) is 0 Å². The molecule has 1 N–H and O–H groups in total. The molecule has 0 saturated carbocycles. The van der Waals surface area contributed by atoms with Crippen LogP contribution < -0.4 is 0 Å². The number of aliphatic hydroxyl groups excluding tert-OH is 1. The van der Waals surface area contributed by atoms with Crippen molar-refractivity contribution in [2.75, 3.05) is 39.3 Å². The minimum absolute atomic E-state index is 0.127. The molecular formula is C19H28F2N2O2. The van der Waals surface area contributed by atoms with Crippen LogP contribution in [0.5, 0.6) is 0 Å². The highest BCUT2D eigenvalue weighted by atomic mass is 19.2. The number of likely N-dealkylation sites (tertiary alicyclic amines) is 1. The summed E-state index contributed by atoms with van der Waals surface area (Å²) in [7, 11) is 0. The third kappa shape index (κ3) is 4.56. The molecular weight excluding hydrogens is 326 g/mol. The van der Waals surface area contributed by atoms with E-state index in [0.717, 1.165) is 32.2 Å². The number of rotatable bonds is 5. The van der Waals surface area contributed by atoms with Crippen molar-refractivity contribution in [1.82, 2.24) is 9.80 Å². The smallest absolute Gasteiger partial charge is 0.163 e. The number of ether oxygens (including phenoxy) is 1. The molecule has 0 unspecified atom stereocenters. The Labute approximate surface area is 148 Å². The molecule has 25 heavy (non-hydrogen) atoms. The van der Waals surface area contributed by atoms with Crippen molar-refractivity contribution in [3.63, 3.8) is 0 Å². The number of benzene rings is 1. The fraction of sp³-hybridized carbons (Fsp3) is 0.684. The van der Waals surface area contributed by atoms with Crippen LogP contribution in [0.4, 0.5) is 8.78 Å². The zero-order valence-electron chi connectivity index (χ0n) is 15.0. The van der Waals surface area contributed by atoms with Gasteiger partial charge < -0.3 is 9.84 Å². The van der Waals surface area contributed by atoms with Gasteiger partial charge in [-0.1, -0.05) is 12.1 Å². The van der Waals surface area contributed by atoms with Crippen molar-refractivity contribution in [2.24, 2.45) is 11.8 Å². The summed E-state index contributed by atoms with van der Waals surface area (Å²) < 4.78 is 33.1. The SMILES string of the molecule is C[C@@H]1CN(C[C@H]2CN(Cc3cccc(F)c3F)C[C@H]2CO)C[C@H](C)O1. The van der Waals surface area contributed by atoms with Gasteiger partial charge in [0.05, 0.1) is 12.2 Å². The minimum Gasteiger partial charge on any atom is -0.396 e. The largest absolute Gasteiger partial charge is 0.396 e. The molecule has 1 aromatic carbocycles. The van der Waals surface area contributed by atoms with Crippen LogP contribution in [0.15, 0.2) is 18.2 Å². The van der Waals surface area contributed by atoms with Crippen LogP contribution in [0.1, 0.15) is 19.4 Å². The fourth-order valence-electron chi connectivity index (χ4n) is 4.26. The number of hydrogen-bond acceptors (Lipinski definition) is 4. The van der Waals surface area contributed by atoms with Gasteiger partial charge in [-0.3, -0.25) is 9.80 Å². The molecule has 0 amide bonds. The minimum atomic E-state index is -0.803. The Hall–Kier alpha value is -1.08. The molecule has 4 atom stereocenters. The van der Waals surface area contributed by atoms with Crippen LogP contribution in [0, 0.1) is 23.5 Å². The Kier molecular flexibility index (Phi) is 6.04. The van der Waals surface area contributed by atoms with Gasteiger partial charge in [0.1, 0.15) is 0 Å². The molecule has 0 radical (unpaired) electrons. The third-order valence-corrected chi connectivity index (χ3v) is 5.30. The summed E-state index contributed by atoms with van der Waals surface area (Å²) in [4.78, 5) is 4.52. The molecule has 0 spiro atoms. The zero-order chi connectivity index (χ0) is 18.0. The summed E-state index contributed by atoms with van der Waals surface area (Å²) in [6, 6.07) is 4.31. The van der Waals surface area contributed by atoms with E-state index in [0.29, 0.717) is 24.6 Å². The molecule has 2 aliphatic heterocycles. The lowest BCUT2D eigenvalue weighted by Crippen LogP contribution is -2.48. The molecule has 4 nitrogen and oxygen atoms in total. The Morgan fingerprint density at radius 3 is 2.40 bits per heavy atom. The number of aliphatic hydroxyl groups is 1. The van der Waals surface area contributed by atoms with E-state index in [4.69, 9.17) is 4.74 Å². The Morgan fingerprint density at radius 2 is 1.72 bits per heavy atom. The normalized spacial score (nSPS) is 31.6. The molecule has 2 saturated heterocycles. The second kappa shape index (κ2) is 8.08. The molecule has 1 aromatic rings. The van der Waals surface area contributed by atoms with Crippen molar-refractivity contribution in [3.8, 4) is 0 Å². The number of nitrogens with zero attached hydrogens (tertiary/aromatic N) is 2. The first-order valence-electron chi connectivity index (χ1n) is 9.10. The summed E-state index contributed by atoms with van der Waals surface area (Å²) in [5.41, 5.74) is 0.381. The summed E-state index contributed by atoms with van der Waals surface area (Å²) in [6.07, 6.45) is 0.436. The Morgan fingerprint density at radius 1 is 1.04 bits per heavy atom. The lowest BCUT2D eigenvalue weighted by atomic mass is 9.96. The van der Waals surface area contributed by atoms with Gasteiger partial charge in [0.2, 0.25) is 0 Å². The van der Waals surface area contributed by atoms with E-state index in [-0.39, 0.29) is 24.7 Å². The van der Waals surface area contributed by atoms with Crippen LogP contribution in [-0.2, 0) is 11.3 Å². The zero-order valence-corrected chi connectivity index (χ0v) is 15.0. The van der Waals surface area contributed by atoms with Crippen LogP contribution in [0.3, 0.4) is 0 Å². The molecule has 2 fully saturated rings. The van der Waals surface area contributed by atoms with Gasteiger partial charge in [-0.15, -0.1) is 0 Å². The molecule has 6 heteroatoms. The lowest BCUT2D eigenvalue weighted by molar-refractivity contribution is -0.0727. The maximum atomic E-state index is 13.9. The quantitative estimate of drug-likeness (QED) is 0.879. The highest BCUT2D eigenvalue weighted by Gasteiger charge is 2.35. The van der Waals surface area contributed by atoms with Crippen molar-refractivity contribution in [3.05, 3.63) is 35.4 Å². The molecule has 3 rings (SSSR count). The number of hydrogen-bond donors (Lipinski definition) is 1. The van der Waals surface area contributed by atoms with Crippen molar-refractivity contribution < 1.29 is 18.6 Å². The maximum absolute atomic E-state index is 13.9. The molecule has 0 aromatic heterocycles. The van der Waals surface area contributed by atoms with Crippen LogP contribution in [0.25, 0.3) is 0 Å². The van der Waals surface area contributed by atoms with E-state index in [1.54, 1.807) is 12.1 Å². The van der Waals surface area contributed by atoms with Crippen LogP contribution in [0.2, 0.25) is 0 Å². The van der Waals surface area contributed by atoms with E-state index < -0.39 is 11.6 Å². The first kappa shape index (κ1) is 18.7. The lowest BCUT2D eigenvalue weighted by Gasteiger charge is -2.37. The monoisotopic (exact) mass is 354 g/mol. The number of morpholine rings is 1. The van der Waals surface area contributed by atoms with E-state index in [2.05, 4.69) is 23.6 Å². The molecule has 2 heterocycles. The predicted molar refractivity (Wildman–Crippen MR) is 92.1 cm³/mol. The third-order valence-electron chi connectivity index (χ3n) is 5.30. The predicted octanol–water partition coefficient (Wildman–Crippen LogP) is 2.11. The Bertz CT molecular complexity index is 577. The van der Waals surface area contributed by atoms with Gasteiger partial charge >= 0.3 is 0 Å². The Balaban J connectivity index is 1.61. The second-order valence-electron chi connectivity index (χ2n) is 7.59. The van der Waals surface area contributed by atoms with E-state index in [1.165, 1.54) is 0 Å². The fourth-order valence-corrected chi connectivity index (χ4v) is 4.26. The average molecular weight is 354 g/mol. The molecule has 0 bridgehead atoms. The van der Waals surface area contributed by atoms with Crippen molar-refractivity contribution >= 4 is 0 Å². The summed E-state index contributed by atoms with van der Waals surface area (Å²) in [5.74, 6) is -1.06. The van der Waals surface area contributed by atoms with Gasteiger partial charge in [-0.05, 0) is 31.7 Å². The van der Waals surface area contributed by atoms with Gasteiger partial charge in [0.15, 0.2) is 11.6 Å². The van der Waals surface area contributed by atoms with Crippen molar-refractivity contribution in [1.29, 1.82) is 0 Å². The summed E-state index contributed by atoms with van der Waals surface area (Å²) in [5, 5.41) is 9.75.